The molecule has 3 rings (SSSR count). The fourth-order valence-corrected chi connectivity index (χ4v) is 4.30. The van der Waals surface area contributed by atoms with Crippen LogP contribution >= 0.6 is 22.9 Å². The molecule has 0 atom stereocenters. The number of hydrogen-bond acceptors (Lipinski definition) is 7. The Bertz CT molecular complexity index is 912. The average Bonchev–Trinajstić information content (AvgIpc) is 3.21. The summed E-state index contributed by atoms with van der Waals surface area (Å²) in [6.45, 7) is 7.56. The first-order valence-corrected chi connectivity index (χ1v) is 11.5. The second-order valence-corrected chi connectivity index (χ2v) is 9.21. The van der Waals surface area contributed by atoms with Gasteiger partial charge in [-0.05, 0) is 18.2 Å². The maximum Gasteiger partial charge on any atom is 0.226 e. The van der Waals surface area contributed by atoms with Gasteiger partial charge < -0.3 is 15.0 Å². The van der Waals surface area contributed by atoms with Crippen molar-refractivity contribution in [1.29, 1.82) is 0 Å². The summed E-state index contributed by atoms with van der Waals surface area (Å²) in [5, 5.41) is 12.8. The van der Waals surface area contributed by atoms with Crippen LogP contribution in [0.4, 0.5) is 5.13 Å². The van der Waals surface area contributed by atoms with Gasteiger partial charge in [0.15, 0.2) is 0 Å². The van der Waals surface area contributed by atoms with Gasteiger partial charge in [-0.3, -0.25) is 14.5 Å². The first kappa shape index (κ1) is 23.4. The van der Waals surface area contributed by atoms with Gasteiger partial charge in [0, 0.05) is 62.1 Å². The predicted molar refractivity (Wildman–Crippen MR) is 122 cm³/mol. The molecule has 168 valence electrons. The molecule has 2 heterocycles. The number of anilines is 1. The highest BCUT2D eigenvalue weighted by Crippen LogP contribution is 2.25. The van der Waals surface area contributed by atoms with Gasteiger partial charge in [0.25, 0.3) is 0 Å². The molecule has 0 aliphatic carbocycles. The van der Waals surface area contributed by atoms with Gasteiger partial charge in [-0.1, -0.05) is 36.8 Å². The van der Waals surface area contributed by atoms with Crippen molar-refractivity contribution >= 4 is 39.9 Å². The second-order valence-electron chi connectivity index (χ2n) is 7.76. The summed E-state index contributed by atoms with van der Waals surface area (Å²) in [6, 6.07) is 5.59. The SMILES string of the molecule is COc1ccc(Cl)cc1CN1CCN(C(=O)CCC(=O)Nc2nnc(C(C)C)s2)CC1. The minimum absolute atomic E-state index is 0.00438. The van der Waals surface area contributed by atoms with Gasteiger partial charge in [-0.25, -0.2) is 0 Å². The van der Waals surface area contributed by atoms with Gasteiger partial charge >= 0.3 is 0 Å². The molecule has 8 nitrogen and oxygen atoms in total. The molecule has 0 radical (unpaired) electrons. The van der Waals surface area contributed by atoms with E-state index in [-0.39, 0.29) is 30.6 Å². The molecular formula is C21H28ClN5O3S. The molecule has 1 saturated heterocycles. The van der Waals surface area contributed by atoms with E-state index in [1.807, 2.05) is 36.9 Å². The van der Waals surface area contributed by atoms with Crippen LogP contribution in [-0.4, -0.2) is 65.1 Å². The van der Waals surface area contributed by atoms with E-state index in [9.17, 15) is 9.59 Å². The summed E-state index contributed by atoms with van der Waals surface area (Å²) >= 11 is 7.48. The van der Waals surface area contributed by atoms with Crippen molar-refractivity contribution in [3.8, 4) is 5.75 Å². The van der Waals surface area contributed by atoms with Gasteiger partial charge in [0.1, 0.15) is 10.8 Å². The van der Waals surface area contributed by atoms with Crippen LogP contribution in [0.25, 0.3) is 0 Å². The van der Waals surface area contributed by atoms with Crippen molar-refractivity contribution < 1.29 is 14.3 Å². The third-order valence-corrected chi connectivity index (χ3v) is 6.48. The minimum Gasteiger partial charge on any atom is -0.496 e. The summed E-state index contributed by atoms with van der Waals surface area (Å²) < 4.78 is 5.42. The van der Waals surface area contributed by atoms with Crippen LogP contribution in [0.3, 0.4) is 0 Å². The van der Waals surface area contributed by atoms with Crippen LogP contribution < -0.4 is 10.1 Å². The molecule has 1 N–H and O–H groups in total. The number of amides is 2. The van der Waals surface area contributed by atoms with Crippen LogP contribution in [0.2, 0.25) is 5.02 Å². The molecule has 0 unspecified atom stereocenters. The highest BCUT2D eigenvalue weighted by atomic mass is 35.5. The summed E-state index contributed by atoms with van der Waals surface area (Å²) in [6.07, 6.45) is 0.319. The number of nitrogens with zero attached hydrogens (tertiary/aromatic N) is 4. The smallest absolute Gasteiger partial charge is 0.226 e. The van der Waals surface area contributed by atoms with E-state index in [1.54, 1.807) is 7.11 Å². The zero-order valence-corrected chi connectivity index (χ0v) is 19.6. The van der Waals surface area contributed by atoms with Crippen molar-refractivity contribution in [2.45, 2.75) is 39.2 Å². The molecule has 1 aromatic heterocycles. The number of ether oxygens (including phenoxy) is 1. The largest absolute Gasteiger partial charge is 0.496 e. The van der Waals surface area contributed by atoms with Crippen molar-refractivity contribution in [2.75, 3.05) is 38.6 Å². The number of benzene rings is 1. The number of piperazine rings is 1. The fraction of sp³-hybridized carbons (Fsp3) is 0.524. The van der Waals surface area contributed by atoms with Crippen LogP contribution in [0, 0.1) is 0 Å². The molecule has 31 heavy (non-hydrogen) atoms. The summed E-state index contributed by atoms with van der Waals surface area (Å²) in [5.41, 5.74) is 1.03. The molecular weight excluding hydrogens is 438 g/mol. The van der Waals surface area contributed by atoms with Crippen LogP contribution in [-0.2, 0) is 16.1 Å². The number of methoxy groups -OCH3 is 1. The third-order valence-electron chi connectivity index (χ3n) is 5.11. The first-order valence-electron chi connectivity index (χ1n) is 10.3. The monoisotopic (exact) mass is 465 g/mol. The Morgan fingerprint density at radius 1 is 1.19 bits per heavy atom. The number of carbonyl (C=O) groups is 2. The van der Waals surface area contributed by atoms with E-state index in [4.69, 9.17) is 16.3 Å². The van der Waals surface area contributed by atoms with Crippen molar-refractivity contribution in [1.82, 2.24) is 20.0 Å². The van der Waals surface area contributed by atoms with E-state index in [0.717, 1.165) is 29.4 Å². The Labute approximate surface area is 191 Å². The minimum atomic E-state index is -0.216. The van der Waals surface area contributed by atoms with E-state index < -0.39 is 0 Å². The number of hydrogen-bond donors (Lipinski definition) is 1. The summed E-state index contributed by atoms with van der Waals surface area (Å²) in [4.78, 5) is 28.8. The summed E-state index contributed by atoms with van der Waals surface area (Å²) in [7, 11) is 1.65. The Kier molecular flexibility index (Phi) is 8.22. The molecule has 1 aliphatic heterocycles. The summed E-state index contributed by atoms with van der Waals surface area (Å²) in [5.74, 6) is 0.856. The molecule has 10 heteroatoms. The maximum absolute atomic E-state index is 12.5. The topological polar surface area (TPSA) is 87.7 Å². The van der Waals surface area contributed by atoms with Gasteiger partial charge in [0.2, 0.25) is 16.9 Å². The molecule has 2 aromatic rings. The third kappa shape index (κ3) is 6.62. The Morgan fingerprint density at radius 2 is 1.94 bits per heavy atom. The number of halogens is 1. The molecule has 1 fully saturated rings. The van der Waals surface area contributed by atoms with E-state index in [2.05, 4.69) is 20.4 Å². The molecule has 0 spiro atoms. The average molecular weight is 466 g/mol. The van der Waals surface area contributed by atoms with Crippen molar-refractivity contribution in [3.05, 3.63) is 33.8 Å². The molecule has 0 saturated carbocycles. The quantitative estimate of drug-likeness (QED) is 0.643. The zero-order valence-electron chi connectivity index (χ0n) is 18.1. The van der Waals surface area contributed by atoms with Crippen molar-refractivity contribution in [2.24, 2.45) is 0 Å². The van der Waals surface area contributed by atoms with E-state index in [0.29, 0.717) is 29.8 Å². The van der Waals surface area contributed by atoms with Crippen LogP contribution in [0.1, 0.15) is 43.2 Å². The van der Waals surface area contributed by atoms with Gasteiger partial charge in [-0.15, -0.1) is 10.2 Å². The van der Waals surface area contributed by atoms with Crippen molar-refractivity contribution in [3.63, 3.8) is 0 Å². The maximum atomic E-state index is 12.5. The molecule has 0 bridgehead atoms. The molecule has 2 amide bonds. The Morgan fingerprint density at radius 3 is 2.58 bits per heavy atom. The van der Waals surface area contributed by atoms with Crippen LogP contribution in [0.5, 0.6) is 5.75 Å². The predicted octanol–water partition coefficient (Wildman–Crippen LogP) is 3.39. The highest BCUT2D eigenvalue weighted by molar-refractivity contribution is 7.15. The number of nitrogens with one attached hydrogen (secondary N) is 1. The standard InChI is InChI=1S/C21H28ClN5O3S/c1-14(2)20-24-25-21(31-20)23-18(28)6-7-19(29)27-10-8-26(9-11-27)13-15-12-16(22)4-5-17(15)30-3/h4-5,12,14H,6-11,13H2,1-3H3,(H,23,25,28). The van der Waals surface area contributed by atoms with Gasteiger partial charge in [-0.2, -0.15) is 0 Å². The number of rotatable bonds is 8. The Hall–Kier alpha value is -2.23. The zero-order chi connectivity index (χ0) is 22.4. The van der Waals surface area contributed by atoms with Gasteiger partial charge in [0.05, 0.1) is 7.11 Å². The molecule has 1 aromatic carbocycles. The lowest BCUT2D eigenvalue weighted by molar-refractivity contribution is -0.134. The van der Waals surface area contributed by atoms with Crippen LogP contribution in [0.15, 0.2) is 18.2 Å². The first-order chi connectivity index (χ1) is 14.9. The highest BCUT2D eigenvalue weighted by Gasteiger charge is 2.22. The number of carbonyl (C=O) groups excluding carboxylic acids is 2. The molecule has 1 aliphatic rings. The lowest BCUT2D eigenvalue weighted by atomic mass is 10.1. The lowest BCUT2D eigenvalue weighted by Gasteiger charge is -2.35. The normalized spacial score (nSPS) is 14.7. The lowest BCUT2D eigenvalue weighted by Crippen LogP contribution is -2.48. The Balaban J connectivity index is 1.41. The van der Waals surface area contributed by atoms with E-state index in [1.165, 1.54) is 11.3 Å². The number of aromatic nitrogens is 2. The fourth-order valence-electron chi connectivity index (χ4n) is 3.35. The second kappa shape index (κ2) is 10.9. The van der Waals surface area contributed by atoms with E-state index >= 15 is 0 Å².